The average Bonchev–Trinajstić information content (AvgIpc) is 2.28. The summed E-state index contributed by atoms with van der Waals surface area (Å²) in [4.78, 5) is 11.3. The molecule has 1 unspecified atom stereocenters. The van der Waals surface area contributed by atoms with Crippen LogP contribution in [0.3, 0.4) is 0 Å². The number of carbonyl (C=O) groups is 1. The van der Waals surface area contributed by atoms with Gasteiger partial charge < -0.3 is 15.2 Å². The van der Waals surface area contributed by atoms with Gasteiger partial charge in [0, 0.05) is 0 Å². The monoisotopic (exact) mass is 245 g/mol. The number of ether oxygens (including phenoxy) is 2. The van der Waals surface area contributed by atoms with Crippen molar-refractivity contribution in [3.05, 3.63) is 29.8 Å². The van der Waals surface area contributed by atoms with Crippen molar-refractivity contribution in [2.45, 2.75) is 19.6 Å². The van der Waals surface area contributed by atoms with E-state index in [1.807, 2.05) is 0 Å². The summed E-state index contributed by atoms with van der Waals surface area (Å²) < 4.78 is 32.7. The van der Waals surface area contributed by atoms with Crippen LogP contribution in [0.15, 0.2) is 24.3 Å². The maximum atomic E-state index is 11.9. The van der Waals surface area contributed by atoms with Gasteiger partial charge in [-0.3, -0.25) is 0 Å². The van der Waals surface area contributed by atoms with Gasteiger partial charge in [0.15, 0.2) is 0 Å². The Kier molecular flexibility index (Phi) is 4.84. The van der Waals surface area contributed by atoms with E-state index in [0.717, 1.165) is 0 Å². The molecule has 6 heteroatoms. The molecule has 94 valence electrons. The van der Waals surface area contributed by atoms with Gasteiger partial charge in [-0.25, -0.2) is 4.79 Å². The van der Waals surface area contributed by atoms with Crippen LogP contribution in [-0.4, -0.2) is 19.2 Å². The topological polar surface area (TPSA) is 61.5 Å². The first-order valence-corrected chi connectivity index (χ1v) is 5.01. The second-order valence-corrected chi connectivity index (χ2v) is 3.18. The maximum Gasteiger partial charge on any atom is 0.387 e. The molecule has 0 aliphatic rings. The lowest BCUT2D eigenvalue weighted by Crippen LogP contribution is -2.23. The molecule has 1 aromatic rings. The lowest BCUT2D eigenvalue weighted by atomic mass is 10.1. The maximum absolute atomic E-state index is 11.9. The third kappa shape index (κ3) is 3.99. The number of alkyl halides is 2. The van der Waals surface area contributed by atoms with E-state index in [2.05, 4.69) is 4.74 Å². The Morgan fingerprint density at radius 3 is 2.41 bits per heavy atom. The highest BCUT2D eigenvalue weighted by Crippen LogP contribution is 2.18. The molecule has 0 aliphatic heterocycles. The van der Waals surface area contributed by atoms with Crippen LogP contribution in [0.1, 0.15) is 18.5 Å². The molecule has 0 bridgehead atoms. The third-order valence-corrected chi connectivity index (χ3v) is 2.00. The minimum absolute atomic E-state index is 0.0137. The van der Waals surface area contributed by atoms with Gasteiger partial charge in [-0.1, -0.05) is 12.1 Å². The summed E-state index contributed by atoms with van der Waals surface area (Å²) in [6.45, 7) is -0.969. The van der Waals surface area contributed by atoms with Crippen LogP contribution in [0.5, 0.6) is 5.75 Å². The molecular formula is C11H13F2NO3. The van der Waals surface area contributed by atoms with Crippen molar-refractivity contribution in [2.75, 3.05) is 6.61 Å². The first-order valence-electron chi connectivity index (χ1n) is 5.01. The Hall–Kier alpha value is -1.69. The second-order valence-electron chi connectivity index (χ2n) is 3.18. The first-order chi connectivity index (χ1) is 8.04. The van der Waals surface area contributed by atoms with Gasteiger partial charge in [-0.05, 0) is 24.6 Å². The van der Waals surface area contributed by atoms with Crippen molar-refractivity contribution in [2.24, 2.45) is 5.73 Å². The lowest BCUT2D eigenvalue weighted by Gasteiger charge is -2.11. The zero-order chi connectivity index (χ0) is 12.8. The van der Waals surface area contributed by atoms with E-state index in [1.54, 1.807) is 6.92 Å². The van der Waals surface area contributed by atoms with Gasteiger partial charge in [0.25, 0.3) is 0 Å². The molecule has 0 fully saturated rings. The Bertz CT molecular complexity index is 367. The summed E-state index contributed by atoms with van der Waals surface area (Å²) >= 11 is 0. The number of esters is 1. The van der Waals surface area contributed by atoms with Crippen LogP contribution in [-0.2, 0) is 9.53 Å². The van der Waals surface area contributed by atoms with E-state index in [4.69, 9.17) is 10.5 Å². The number of hydrogen-bond donors (Lipinski definition) is 1. The fourth-order valence-corrected chi connectivity index (χ4v) is 1.22. The molecule has 0 saturated carbocycles. The Morgan fingerprint density at radius 2 is 1.94 bits per heavy atom. The largest absolute Gasteiger partial charge is 0.465 e. The first kappa shape index (κ1) is 13.4. The predicted molar refractivity (Wildman–Crippen MR) is 56.6 cm³/mol. The van der Waals surface area contributed by atoms with Gasteiger partial charge in [-0.2, -0.15) is 8.78 Å². The van der Waals surface area contributed by atoms with E-state index < -0.39 is 18.6 Å². The molecule has 17 heavy (non-hydrogen) atoms. The highest BCUT2D eigenvalue weighted by Gasteiger charge is 2.16. The van der Waals surface area contributed by atoms with Crippen molar-refractivity contribution in [3.8, 4) is 5.75 Å². The van der Waals surface area contributed by atoms with Crippen LogP contribution >= 0.6 is 0 Å². The van der Waals surface area contributed by atoms with Gasteiger partial charge in [0.1, 0.15) is 11.8 Å². The normalized spacial score (nSPS) is 12.3. The van der Waals surface area contributed by atoms with Crippen LogP contribution in [0, 0.1) is 0 Å². The minimum atomic E-state index is -2.88. The van der Waals surface area contributed by atoms with Gasteiger partial charge in [0.05, 0.1) is 6.61 Å². The van der Waals surface area contributed by atoms with Crippen molar-refractivity contribution in [3.63, 3.8) is 0 Å². The molecule has 2 N–H and O–H groups in total. The van der Waals surface area contributed by atoms with Crippen molar-refractivity contribution in [1.82, 2.24) is 0 Å². The van der Waals surface area contributed by atoms with Gasteiger partial charge in [0.2, 0.25) is 0 Å². The molecule has 1 atom stereocenters. The molecule has 1 rings (SSSR count). The molecule has 0 saturated heterocycles. The third-order valence-electron chi connectivity index (χ3n) is 2.00. The summed E-state index contributed by atoms with van der Waals surface area (Å²) in [5.41, 5.74) is 6.09. The molecule has 1 aromatic carbocycles. The fourth-order valence-electron chi connectivity index (χ4n) is 1.22. The molecule has 0 spiro atoms. The van der Waals surface area contributed by atoms with Crippen LogP contribution in [0.4, 0.5) is 8.78 Å². The number of hydrogen-bond acceptors (Lipinski definition) is 4. The highest BCUT2D eigenvalue weighted by atomic mass is 19.3. The fraction of sp³-hybridized carbons (Fsp3) is 0.364. The Morgan fingerprint density at radius 1 is 1.35 bits per heavy atom. The number of halogens is 2. The molecule has 0 amide bonds. The van der Waals surface area contributed by atoms with Crippen LogP contribution in [0.2, 0.25) is 0 Å². The predicted octanol–water partition coefficient (Wildman–Crippen LogP) is 1.85. The molecule has 4 nitrogen and oxygen atoms in total. The number of rotatable bonds is 5. The van der Waals surface area contributed by atoms with Crippen molar-refractivity contribution in [1.29, 1.82) is 0 Å². The highest BCUT2D eigenvalue weighted by molar-refractivity contribution is 5.77. The Labute approximate surface area is 97.3 Å². The van der Waals surface area contributed by atoms with Crippen LogP contribution in [0.25, 0.3) is 0 Å². The molecule has 0 radical (unpaired) electrons. The number of carbonyl (C=O) groups excluding carboxylic acids is 1. The van der Waals surface area contributed by atoms with Gasteiger partial charge >= 0.3 is 12.6 Å². The zero-order valence-electron chi connectivity index (χ0n) is 9.23. The quantitative estimate of drug-likeness (QED) is 0.804. The smallest absolute Gasteiger partial charge is 0.387 e. The molecule has 0 aromatic heterocycles. The Balaban J connectivity index is 2.70. The lowest BCUT2D eigenvalue weighted by molar-refractivity contribution is -0.144. The summed E-state index contributed by atoms with van der Waals surface area (Å²) in [7, 11) is 0. The number of benzene rings is 1. The number of nitrogens with two attached hydrogens (primary N) is 1. The standard InChI is InChI=1S/C11H13F2NO3/c1-2-16-10(15)9(14)7-3-5-8(6-4-7)17-11(12)13/h3-6,9,11H,2,14H2,1H3. The average molecular weight is 245 g/mol. The summed E-state index contributed by atoms with van der Waals surface area (Å²) in [6.07, 6.45) is 0. The minimum Gasteiger partial charge on any atom is -0.465 e. The second kappa shape index (κ2) is 6.15. The zero-order valence-corrected chi connectivity index (χ0v) is 9.23. The van der Waals surface area contributed by atoms with E-state index >= 15 is 0 Å². The summed E-state index contributed by atoms with van der Waals surface area (Å²) in [6, 6.07) is 4.61. The van der Waals surface area contributed by atoms with Crippen LogP contribution < -0.4 is 10.5 Å². The molecule has 0 heterocycles. The van der Waals surface area contributed by atoms with E-state index in [0.29, 0.717) is 5.56 Å². The summed E-state index contributed by atoms with van der Waals surface area (Å²) in [5.74, 6) is -0.546. The summed E-state index contributed by atoms with van der Waals surface area (Å²) in [5, 5.41) is 0. The SMILES string of the molecule is CCOC(=O)C(N)c1ccc(OC(F)F)cc1. The van der Waals surface area contributed by atoms with E-state index in [9.17, 15) is 13.6 Å². The van der Waals surface area contributed by atoms with Crippen molar-refractivity contribution >= 4 is 5.97 Å². The molecular weight excluding hydrogens is 232 g/mol. The van der Waals surface area contributed by atoms with E-state index in [1.165, 1.54) is 24.3 Å². The van der Waals surface area contributed by atoms with E-state index in [-0.39, 0.29) is 12.4 Å². The molecule has 0 aliphatic carbocycles. The van der Waals surface area contributed by atoms with Crippen molar-refractivity contribution < 1.29 is 23.0 Å². The van der Waals surface area contributed by atoms with Gasteiger partial charge in [-0.15, -0.1) is 0 Å².